The highest BCUT2D eigenvalue weighted by Crippen LogP contribution is 2.26. The van der Waals surface area contributed by atoms with Crippen molar-refractivity contribution in [1.82, 2.24) is 13.8 Å². The minimum atomic E-state index is -3.44. The zero-order valence-electron chi connectivity index (χ0n) is 12.4. The Hall–Kier alpha value is -0.560. The fraction of sp³-hybridized carbons (Fsp3) is 0.692. The molecule has 0 bridgehead atoms. The summed E-state index contributed by atoms with van der Waals surface area (Å²) in [5.74, 6) is 0.306. The summed E-state index contributed by atoms with van der Waals surface area (Å²) in [6, 6.07) is 1.66. The number of rotatable bonds is 3. The summed E-state index contributed by atoms with van der Waals surface area (Å²) in [5.41, 5.74) is 0.647. The maximum Gasteiger partial charge on any atom is 0.244 e. The monoisotopic (exact) mass is 319 g/mol. The fourth-order valence-electron chi connectivity index (χ4n) is 2.40. The largest absolute Gasteiger partial charge is 0.352 e. The van der Waals surface area contributed by atoms with Gasteiger partial charge in [0.2, 0.25) is 10.0 Å². The Bertz CT molecular complexity index is 595. The molecule has 0 atom stereocenters. The van der Waals surface area contributed by atoms with Gasteiger partial charge in [0.15, 0.2) is 0 Å². The Morgan fingerprint density at radius 2 is 1.95 bits per heavy atom. The smallest absolute Gasteiger partial charge is 0.244 e. The van der Waals surface area contributed by atoms with E-state index in [0.717, 1.165) is 12.2 Å². The average molecular weight is 320 g/mol. The van der Waals surface area contributed by atoms with Gasteiger partial charge in [-0.2, -0.15) is 4.31 Å². The van der Waals surface area contributed by atoms with Crippen LogP contribution in [0.2, 0.25) is 0 Å². The van der Waals surface area contributed by atoms with Crippen LogP contribution in [0.5, 0.6) is 0 Å². The van der Waals surface area contributed by atoms with Crippen LogP contribution in [-0.2, 0) is 23.0 Å². The predicted molar refractivity (Wildman–Crippen MR) is 80.4 cm³/mol. The highest BCUT2D eigenvalue weighted by molar-refractivity contribution is 7.89. The molecular weight excluding hydrogens is 298 g/mol. The second kappa shape index (κ2) is 5.33. The van der Waals surface area contributed by atoms with Gasteiger partial charge in [-0.05, 0) is 27.0 Å². The number of nitrogens with zero attached hydrogens (tertiary/aromatic N) is 3. The van der Waals surface area contributed by atoms with E-state index < -0.39 is 10.0 Å². The Kier molecular flexibility index (Phi) is 4.22. The van der Waals surface area contributed by atoms with Crippen LogP contribution in [0.3, 0.4) is 0 Å². The van der Waals surface area contributed by atoms with Crippen molar-refractivity contribution in [2.75, 3.05) is 26.7 Å². The van der Waals surface area contributed by atoms with Crippen molar-refractivity contribution >= 4 is 21.6 Å². The third kappa shape index (κ3) is 2.74. The Morgan fingerprint density at radius 1 is 1.30 bits per heavy atom. The lowest BCUT2D eigenvalue weighted by Crippen LogP contribution is -2.58. The molecule has 0 aliphatic carbocycles. The maximum atomic E-state index is 12.7. The molecule has 0 N–H and O–H groups in total. The number of alkyl halides is 1. The van der Waals surface area contributed by atoms with Crippen LogP contribution in [0.1, 0.15) is 19.5 Å². The van der Waals surface area contributed by atoms with Gasteiger partial charge in [-0.1, -0.05) is 0 Å². The summed E-state index contributed by atoms with van der Waals surface area (Å²) in [6.45, 7) is 5.87. The lowest BCUT2D eigenvalue weighted by molar-refractivity contribution is 0.0801. The minimum absolute atomic E-state index is 0.157. The first kappa shape index (κ1) is 15.8. The van der Waals surface area contributed by atoms with E-state index >= 15 is 0 Å². The van der Waals surface area contributed by atoms with Crippen molar-refractivity contribution in [3.8, 4) is 0 Å². The minimum Gasteiger partial charge on any atom is -0.352 e. The second-order valence-electron chi connectivity index (χ2n) is 5.98. The van der Waals surface area contributed by atoms with Gasteiger partial charge >= 0.3 is 0 Å². The standard InChI is InChI=1S/C13H22ClN3O2S/c1-13(2)10-17(6-5-16(13)4)20(18,19)12-7-11(8-14)15(3)9-12/h7,9H,5-6,8,10H2,1-4H3. The van der Waals surface area contributed by atoms with Crippen LogP contribution in [0.25, 0.3) is 0 Å². The van der Waals surface area contributed by atoms with Crippen molar-refractivity contribution in [3.05, 3.63) is 18.0 Å². The molecule has 0 saturated carbocycles. The van der Waals surface area contributed by atoms with E-state index in [-0.39, 0.29) is 5.54 Å². The van der Waals surface area contributed by atoms with E-state index in [2.05, 4.69) is 18.7 Å². The molecule has 114 valence electrons. The average Bonchev–Trinajstić information content (AvgIpc) is 2.74. The fourth-order valence-corrected chi connectivity index (χ4v) is 4.35. The predicted octanol–water partition coefficient (Wildman–Crippen LogP) is 1.48. The lowest BCUT2D eigenvalue weighted by Gasteiger charge is -2.44. The van der Waals surface area contributed by atoms with Crippen molar-refractivity contribution in [2.45, 2.75) is 30.2 Å². The molecule has 20 heavy (non-hydrogen) atoms. The van der Waals surface area contributed by atoms with E-state index in [1.165, 1.54) is 0 Å². The molecule has 1 aromatic heterocycles. The number of aromatic nitrogens is 1. The summed E-state index contributed by atoms with van der Waals surface area (Å²) < 4.78 is 28.8. The van der Waals surface area contributed by atoms with Crippen LogP contribution >= 0.6 is 11.6 Å². The summed E-state index contributed by atoms with van der Waals surface area (Å²) in [7, 11) is 0.395. The first-order valence-corrected chi connectivity index (χ1v) is 8.58. The maximum absolute atomic E-state index is 12.7. The SMILES string of the molecule is CN1CCN(S(=O)(=O)c2cc(CCl)n(C)c2)CC1(C)C. The van der Waals surface area contributed by atoms with Gasteiger partial charge < -0.3 is 4.57 Å². The third-order valence-electron chi connectivity index (χ3n) is 4.14. The topological polar surface area (TPSA) is 45.6 Å². The molecule has 1 fully saturated rings. The van der Waals surface area contributed by atoms with Crippen LogP contribution < -0.4 is 0 Å². The van der Waals surface area contributed by atoms with Gasteiger partial charge in [-0.25, -0.2) is 8.42 Å². The van der Waals surface area contributed by atoms with Gasteiger partial charge in [0.1, 0.15) is 4.90 Å². The zero-order chi connectivity index (χ0) is 15.1. The van der Waals surface area contributed by atoms with Crippen molar-refractivity contribution < 1.29 is 8.42 Å². The molecule has 0 radical (unpaired) electrons. The molecule has 2 heterocycles. The number of piperazine rings is 1. The number of likely N-dealkylation sites (N-methyl/N-ethyl adjacent to an activating group) is 1. The van der Waals surface area contributed by atoms with Crippen LogP contribution in [0, 0.1) is 0 Å². The molecule has 2 rings (SSSR count). The third-order valence-corrected chi connectivity index (χ3v) is 6.22. The number of hydrogen-bond acceptors (Lipinski definition) is 3. The first-order valence-electron chi connectivity index (χ1n) is 6.61. The van der Waals surface area contributed by atoms with E-state index in [9.17, 15) is 8.42 Å². The quantitative estimate of drug-likeness (QED) is 0.793. The van der Waals surface area contributed by atoms with Gasteiger partial charge in [-0.15, -0.1) is 11.6 Å². The first-order chi connectivity index (χ1) is 9.18. The summed E-state index contributed by atoms with van der Waals surface area (Å²) >= 11 is 5.81. The van der Waals surface area contributed by atoms with Gasteiger partial charge in [0.25, 0.3) is 0 Å². The molecule has 5 nitrogen and oxygen atoms in total. The van der Waals surface area contributed by atoms with Gasteiger partial charge in [0, 0.05) is 44.1 Å². The van der Waals surface area contributed by atoms with Crippen molar-refractivity contribution in [1.29, 1.82) is 0 Å². The summed E-state index contributed by atoms with van der Waals surface area (Å²) in [5, 5.41) is 0. The molecule has 1 aliphatic rings. The molecule has 1 aliphatic heterocycles. The molecular formula is C13H22ClN3O2S. The normalized spacial score (nSPS) is 21.2. The molecule has 0 amide bonds. The van der Waals surface area contributed by atoms with E-state index in [1.54, 1.807) is 21.1 Å². The van der Waals surface area contributed by atoms with Gasteiger partial charge in [0.05, 0.1) is 5.88 Å². The van der Waals surface area contributed by atoms with Crippen LogP contribution in [-0.4, -0.2) is 54.4 Å². The Balaban J connectivity index is 2.31. The van der Waals surface area contributed by atoms with E-state index in [4.69, 9.17) is 11.6 Å². The number of halogens is 1. The Labute approximate surface area is 126 Å². The highest BCUT2D eigenvalue weighted by atomic mass is 35.5. The van der Waals surface area contributed by atoms with E-state index in [0.29, 0.717) is 23.9 Å². The highest BCUT2D eigenvalue weighted by Gasteiger charge is 2.37. The summed E-state index contributed by atoms with van der Waals surface area (Å²) in [6.07, 6.45) is 1.64. The molecule has 7 heteroatoms. The molecule has 1 aromatic rings. The summed E-state index contributed by atoms with van der Waals surface area (Å²) in [4.78, 5) is 2.52. The van der Waals surface area contributed by atoms with E-state index in [1.807, 2.05) is 14.1 Å². The lowest BCUT2D eigenvalue weighted by atomic mass is 10.0. The zero-order valence-corrected chi connectivity index (χ0v) is 14.0. The van der Waals surface area contributed by atoms with Gasteiger partial charge in [-0.3, -0.25) is 4.90 Å². The number of sulfonamides is 1. The second-order valence-corrected chi connectivity index (χ2v) is 8.19. The Morgan fingerprint density at radius 3 is 2.45 bits per heavy atom. The van der Waals surface area contributed by atoms with Crippen molar-refractivity contribution in [2.24, 2.45) is 7.05 Å². The molecule has 1 saturated heterocycles. The molecule has 0 unspecified atom stereocenters. The number of aryl methyl sites for hydroxylation is 1. The van der Waals surface area contributed by atoms with Crippen molar-refractivity contribution in [3.63, 3.8) is 0 Å². The molecule has 0 spiro atoms. The van der Waals surface area contributed by atoms with Crippen LogP contribution in [0.15, 0.2) is 17.2 Å². The number of hydrogen-bond donors (Lipinski definition) is 0. The van der Waals surface area contributed by atoms with Crippen LogP contribution in [0.4, 0.5) is 0 Å². The molecule has 0 aromatic carbocycles.